The minimum absolute atomic E-state index is 0.0103. The van der Waals surface area contributed by atoms with Crippen molar-refractivity contribution in [2.75, 3.05) is 6.54 Å². The van der Waals surface area contributed by atoms with Crippen molar-refractivity contribution >= 4 is 11.9 Å². The van der Waals surface area contributed by atoms with E-state index in [-0.39, 0.29) is 24.2 Å². The highest BCUT2D eigenvalue weighted by Gasteiger charge is 2.38. The lowest BCUT2D eigenvalue weighted by Crippen LogP contribution is -2.37. The van der Waals surface area contributed by atoms with E-state index in [0.29, 0.717) is 6.54 Å². The van der Waals surface area contributed by atoms with Crippen molar-refractivity contribution in [1.29, 1.82) is 0 Å². The van der Waals surface area contributed by atoms with E-state index in [9.17, 15) is 4.79 Å². The van der Waals surface area contributed by atoms with Crippen molar-refractivity contribution in [1.82, 2.24) is 19.9 Å². The number of pyridine rings is 1. The van der Waals surface area contributed by atoms with Crippen LogP contribution in [0.4, 0.5) is 0 Å². The summed E-state index contributed by atoms with van der Waals surface area (Å²) in [6, 6.07) is 37.3. The van der Waals surface area contributed by atoms with Gasteiger partial charge in [0.05, 0.1) is 12.0 Å². The summed E-state index contributed by atoms with van der Waals surface area (Å²) in [4.78, 5) is 25.9. The Morgan fingerprint density at radius 2 is 1.43 bits per heavy atom. The number of hydrogen-bond donors (Lipinski definition) is 2. The summed E-state index contributed by atoms with van der Waals surface area (Å²) in [5, 5.41) is 2.70. The third kappa shape index (κ3) is 6.47. The molecule has 5 rings (SSSR count). The minimum atomic E-state index is -0.589. The zero-order valence-electron chi connectivity index (χ0n) is 23.8. The van der Waals surface area contributed by atoms with Crippen LogP contribution in [0.1, 0.15) is 53.8 Å². The predicted molar refractivity (Wildman–Crippen MR) is 167 cm³/mol. The standard InChI is InChI=1S/C35H36N6O/c1-27(32-21-11-12-22-37-32)24-33(42)40-34(36)38-23-13-20-31-25-41(26-39-31)35(28-14-5-2-6-15-28,29-16-7-3-8-17-29)30-18-9-4-10-19-30/h2-12,14-19,21-22,25-27H,13,20,23-24H2,1H3,(H3,36,38,40,42). The van der Waals surface area contributed by atoms with Gasteiger partial charge in [-0.2, -0.15) is 0 Å². The first kappa shape index (κ1) is 28.5. The van der Waals surface area contributed by atoms with Crippen LogP contribution in [0.2, 0.25) is 0 Å². The summed E-state index contributed by atoms with van der Waals surface area (Å²) >= 11 is 0. The van der Waals surface area contributed by atoms with Crippen molar-refractivity contribution in [3.8, 4) is 0 Å². The number of amides is 1. The topological polar surface area (TPSA) is 98.2 Å². The maximum Gasteiger partial charge on any atom is 0.227 e. The van der Waals surface area contributed by atoms with E-state index in [1.165, 1.54) is 0 Å². The maximum absolute atomic E-state index is 12.4. The molecule has 3 N–H and O–H groups in total. The highest BCUT2D eigenvalue weighted by molar-refractivity contribution is 5.96. The number of nitrogens with zero attached hydrogens (tertiary/aromatic N) is 4. The first-order chi connectivity index (χ1) is 20.6. The van der Waals surface area contributed by atoms with E-state index in [1.807, 2.05) is 49.6 Å². The van der Waals surface area contributed by atoms with E-state index >= 15 is 0 Å². The van der Waals surface area contributed by atoms with Gasteiger partial charge in [0.2, 0.25) is 5.91 Å². The molecular weight excluding hydrogens is 520 g/mol. The average molecular weight is 557 g/mol. The fourth-order valence-electron chi connectivity index (χ4n) is 5.40. The van der Waals surface area contributed by atoms with Gasteiger partial charge in [0.1, 0.15) is 5.54 Å². The molecule has 0 bridgehead atoms. The fourth-order valence-corrected chi connectivity index (χ4v) is 5.40. The number of nitrogens with two attached hydrogens (primary N) is 1. The van der Waals surface area contributed by atoms with Crippen LogP contribution in [0, 0.1) is 0 Å². The van der Waals surface area contributed by atoms with Gasteiger partial charge in [-0.05, 0) is 41.7 Å². The van der Waals surface area contributed by atoms with E-state index in [2.05, 4.69) is 98.9 Å². The van der Waals surface area contributed by atoms with Crippen molar-refractivity contribution in [2.45, 2.75) is 37.6 Å². The van der Waals surface area contributed by atoms with Gasteiger partial charge in [0, 0.05) is 37.0 Å². The molecule has 0 spiro atoms. The lowest BCUT2D eigenvalue weighted by atomic mass is 9.77. The third-order valence-corrected chi connectivity index (χ3v) is 7.42. The quantitative estimate of drug-likeness (QED) is 0.0947. The van der Waals surface area contributed by atoms with E-state index < -0.39 is 5.54 Å². The molecule has 0 fully saturated rings. The van der Waals surface area contributed by atoms with Gasteiger partial charge in [-0.15, -0.1) is 0 Å². The Morgan fingerprint density at radius 3 is 1.98 bits per heavy atom. The Bertz CT molecular complexity index is 1490. The van der Waals surface area contributed by atoms with Gasteiger partial charge < -0.3 is 10.3 Å². The van der Waals surface area contributed by atoms with Crippen LogP contribution in [0.25, 0.3) is 0 Å². The Labute approximate surface area is 247 Å². The smallest absolute Gasteiger partial charge is 0.227 e. The maximum atomic E-state index is 12.4. The lowest BCUT2D eigenvalue weighted by Gasteiger charge is -2.37. The molecule has 0 aliphatic carbocycles. The van der Waals surface area contributed by atoms with Crippen LogP contribution in [-0.2, 0) is 16.8 Å². The van der Waals surface area contributed by atoms with Crippen molar-refractivity contribution in [3.05, 3.63) is 156 Å². The Morgan fingerprint density at radius 1 is 0.857 bits per heavy atom. The molecule has 7 nitrogen and oxygen atoms in total. The average Bonchev–Trinajstić information content (AvgIpc) is 3.51. The number of carbonyl (C=O) groups excluding carboxylic acids is 1. The zero-order valence-corrected chi connectivity index (χ0v) is 23.8. The van der Waals surface area contributed by atoms with Crippen molar-refractivity contribution < 1.29 is 4.79 Å². The largest absolute Gasteiger partial charge is 0.370 e. The summed E-state index contributed by atoms with van der Waals surface area (Å²) in [7, 11) is 0. The molecule has 0 aliphatic heterocycles. The summed E-state index contributed by atoms with van der Waals surface area (Å²) < 4.78 is 2.21. The summed E-state index contributed by atoms with van der Waals surface area (Å²) in [6.07, 6.45) is 7.53. The van der Waals surface area contributed by atoms with E-state index in [0.717, 1.165) is 40.9 Å². The molecule has 0 saturated carbocycles. The first-order valence-electron chi connectivity index (χ1n) is 14.3. The number of rotatable bonds is 11. The van der Waals surface area contributed by atoms with Gasteiger partial charge in [0.15, 0.2) is 5.96 Å². The molecule has 1 amide bonds. The fraction of sp³-hybridized carbons (Fsp3) is 0.200. The molecule has 2 aromatic heterocycles. The first-order valence-corrected chi connectivity index (χ1v) is 14.3. The van der Waals surface area contributed by atoms with Gasteiger partial charge in [-0.3, -0.25) is 20.1 Å². The second kappa shape index (κ2) is 13.5. The number of aliphatic imine (C=N–C) groups is 1. The number of nitrogens with one attached hydrogen (secondary N) is 1. The zero-order chi connectivity index (χ0) is 29.2. The van der Waals surface area contributed by atoms with Crippen LogP contribution >= 0.6 is 0 Å². The molecule has 2 heterocycles. The molecule has 0 aliphatic rings. The predicted octanol–water partition coefficient (Wildman–Crippen LogP) is 5.68. The highest BCUT2D eigenvalue weighted by atomic mass is 16.1. The van der Waals surface area contributed by atoms with Gasteiger partial charge in [0.25, 0.3) is 0 Å². The molecular formula is C35H36N6O. The Balaban J connectivity index is 1.29. The molecule has 3 aromatic carbocycles. The number of guanidine groups is 1. The SMILES string of the molecule is CC(CC(=O)NC(N)=NCCCc1cn(C(c2ccccc2)(c2ccccc2)c2ccccc2)cn1)c1ccccn1. The lowest BCUT2D eigenvalue weighted by molar-refractivity contribution is -0.120. The monoisotopic (exact) mass is 556 g/mol. The van der Waals surface area contributed by atoms with Gasteiger partial charge >= 0.3 is 0 Å². The van der Waals surface area contributed by atoms with Crippen LogP contribution in [-0.4, -0.2) is 32.9 Å². The number of carbonyl (C=O) groups is 1. The second-order valence-corrected chi connectivity index (χ2v) is 10.4. The molecule has 0 saturated heterocycles. The van der Waals surface area contributed by atoms with Crippen molar-refractivity contribution in [3.63, 3.8) is 0 Å². The molecule has 1 unspecified atom stereocenters. The normalized spacial score (nSPS) is 12.5. The van der Waals surface area contributed by atoms with Crippen molar-refractivity contribution in [2.24, 2.45) is 10.7 Å². The number of hydrogen-bond acceptors (Lipinski definition) is 4. The number of aryl methyl sites for hydroxylation is 1. The summed E-state index contributed by atoms with van der Waals surface area (Å²) in [5.74, 6) is -0.0499. The van der Waals surface area contributed by atoms with Crippen LogP contribution in [0.3, 0.4) is 0 Å². The summed E-state index contributed by atoms with van der Waals surface area (Å²) in [6.45, 7) is 2.45. The Hall–Kier alpha value is -5.04. The minimum Gasteiger partial charge on any atom is -0.370 e. The van der Waals surface area contributed by atoms with Gasteiger partial charge in [-0.25, -0.2) is 4.98 Å². The van der Waals surface area contributed by atoms with Crippen LogP contribution < -0.4 is 11.1 Å². The molecule has 5 aromatic rings. The molecule has 42 heavy (non-hydrogen) atoms. The van der Waals surface area contributed by atoms with E-state index in [4.69, 9.17) is 10.7 Å². The number of benzene rings is 3. The summed E-state index contributed by atoms with van der Waals surface area (Å²) in [5.41, 5.74) is 10.7. The molecule has 0 radical (unpaired) electrons. The van der Waals surface area contributed by atoms with Gasteiger partial charge in [-0.1, -0.05) is 104 Å². The van der Waals surface area contributed by atoms with Crippen LogP contribution in [0.15, 0.2) is 133 Å². The highest BCUT2D eigenvalue weighted by Crippen LogP contribution is 2.40. The molecule has 7 heteroatoms. The molecule has 1 atom stereocenters. The third-order valence-electron chi connectivity index (χ3n) is 7.42. The Kier molecular flexibility index (Phi) is 9.19. The second-order valence-electron chi connectivity index (χ2n) is 10.4. The molecule has 212 valence electrons. The number of imidazole rings is 1. The number of aromatic nitrogens is 3. The van der Waals surface area contributed by atoms with E-state index in [1.54, 1.807) is 6.20 Å². The van der Waals surface area contributed by atoms with Crippen LogP contribution in [0.5, 0.6) is 0 Å².